The van der Waals surface area contributed by atoms with Gasteiger partial charge in [-0.05, 0) is 30.3 Å². The Kier molecular flexibility index (Phi) is 2.43. The van der Waals surface area contributed by atoms with Crippen molar-refractivity contribution in [3.05, 3.63) is 60.8 Å². The van der Waals surface area contributed by atoms with E-state index < -0.39 is 0 Å². The van der Waals surface area contributed by atoms with Crippen molar-refractivity contribution in [2.75, 3.05) is 0 Å². The highest BCUT2D eigenvalue weighted by atomic mass is 15.0. The van der Waals surface area contributed by atoms with Gasteiger partial charge < -0.3 is 0 Å². The van der Waals surface area contributed by atoms with Gasteiger partial charge in [0, 0.05) is 11.6 Å². The maximum atomic E-state index is 4.46. The normalized spacial score (nSPS) is 10.4. The van der Waals surface area contributed by atoms with Gasteiger partial charge in [0.15, 0.2) is 11.6 Å². The van der Waals surface area contributed by atoms with Crippen LogP contribution < -0.4 is 5.32 Å². The van der Waals surface area contributed by atoms with Crippen LogP contribution in [0.15, 0.2) is 60.8 Å². The molecule has 2 aromatic heterocycles. The van der Waals surface area contributed by atoms with Crippen molar-refractivity contribution in [1.29, 1.82) is 0 Å². The second-order valence-corrected chi connectivity index (χ2v) is 3.66. The third-order valence-corrected chi connectivity index (χ3v) is 2.46. The first kappa shape index (κ1) is 9.78. The lowest BCUT2D eigenvalue weighted by Gasteiger charge is -2.02. The van der Waals surface area contributed by atoms with E-state index in [1.807, 2.05) is 54.6 Å². The third-order valence-electron chi connectivity index (χ3n) is 2.46. The van der Waals surface area contributed by atoms with Crippen molar-refractivity contribution in [2.24, 2.45) is 0 Å². The minimum Gasteiger partial charge on any atom is -0.237 e. The summed E-state index contributed by atoms with van der Waals surface area (Å²) in [6, 6.07) is 17.5. The topological polar surface area (TPSA) is 39.9 Å². The monoisotopic (exact) mass is 220 g/mol. The molecule has 0 saturated carbocycles. The predicted molar refractivity (Wildman–Crippen MR) is 67.4 cm³/mol. The number of hydrogen-bond acceptors (Lipinski definition) is 2. The summed E-state index contributed by atoms with van der Waals surface area (Å²) in [5.74, 6) is 1.36. The van der Waals surface area contributed by atoms with E-state index in [9.17, 15) is 0 Å². The number of nitrogens with zero attached hydrogens (tertiary/aromatic N) is 3. The van der Waals surface area contributed by atoms with E-state index in [0.717, 1.165) is 10.9 Å². The van der Waals surface area contributed by atoms with Gasteiger partial charge in [0.1, 0.15) is 0 Å². The molecule has 3 heteroatoms. The number of fused-ring (bicyclic) bond motifs is 1. The second kappa shape index (κ2) is 4.22. The Bertz CT molecular complexity index is 635. The van der Waals surface area contributed by atoms with Crippen LogP contribution in [0.5, 0.6) is 0 Å². The summed E-state index contributed by atoms with van der Waals surface area (Å²) in [5, 5.41) is 5.49. The van der Waals surface area contributed by atoms with Gasteiger partial charge in [0.05, 0.1) is 5.52 Å². The van der Waals surface area contributed by atoms with E-state index in [-0.39, 0.29) is 0 Å². The predicted octanol–water partition coefficient (Wildman–Crippen LogP) is 3.20. The molecule has 0 aliphatic carbocycles. The molecule has 0 N–H and O–H groups in total. The standard InChI is InChI=1S/C14H10N3/c1-2-6-12-11(5-1)8-9-14(16-12)17-13-7-3-4-10-15-13/h1-10H. The zero-order valence-corrected chi connectivity index (χ0v) is 9.12. The van der Waals surface area contributed by atoms with Crippen LogP contribution in [-0.4, -0.2) is 9.97 Å². The molecule has 0 bridgehead atoms. The lowest BCUT2D eigenvalue weighted by molar-refractivity contribution is 1.06. The highest BCUT2D eigenvalue weighted by Gasteiger charge is 2.00. The van der Waals surface area contributed by atoms with Gasteiger partial charge in [-0.2, -0.15) is 0 Å². The molecule has 1 aromatic carbocycles. The highest BCUT2D eigenvalue weighted by molar-refractivity contribution is 5.79. The van der Waals surface area contributed by atoms with Crippen LogP contribution in [0.3, 0.4) is 0 Å². The van der Waals surface area contributed by atoms with Crippen LogP contribution >= 0.6 is 0 Å². The summed E-state index contributed by atoms with van der Waals surface area (Å²) in [6.45, 7) is 0. The van der Waals surface area contributed by atoms with Gasteiger partial charge in [0.2, 0.25) is 0 Å². The quantitative estimate of drug-likeness (QED) is 0.665. The van der Waals surface area contributed by atoms with E-state index in [1.54, 1.807) is 6.20 Å². The largest absolute Gasteiger partial charge is 0.237 e. The lowest BCUT2D eigenvalue weighted by atomic mass is 10.2. The molecule has 2 heterocycles. The Hall–Kier alpha value is -2.42. The Morgan fingerprint density at radius 3 is 2.53 bits per heavy atom. The van der Waals surface area contributed by atoms with Crippen LogP contribution in [0.4, 0.5) is 11.6 Å². The first-order valence-corrected chi connectivity index (χ1v) is 5.40. The van der Waals surface area contributed by atoms with Crippen molar-refractivity contribution in [3.8, 4) is 0 Å². The molecule has 1 radical (unpaired) electrons. The Morgan fingerprint density at radius 2 is 1.65 bits per heavy atom. The maximum Gasteiger partial charge on any atom is 0.155 e. The van der Waals surface area contributed by atoms with Crippen LogP contribution in [0.25, 0.3) is 10.9 Å². The summed E-state index contributed by atoms with van der Waals surface area (Å²) in [4.78, 5) is 8.61. The average molecular weight is 220 g/mol. The van der Waals surface area contributed by atoms with Crippen LogP contribution in [0, 0.1) is 0 Å². The van der Waals surface area contributed by atoms with Gasteiger partial charge in [-0.15, -0.1) is 0 Å². The fraction of sp³-hybridized carbons (Fsp3) is 0. The number of para-hydroxylation sites is 1. The van der Waals surface area contributed by atoms with Gasteiger partial charge in [-0.25, -0.2) is 15.3 Å². The Balaban J connectivity index is 1.96. The van der Waals surface area contributed by atoms with Gasteiger partial charge in [-0.3, -0.25) is 0 Å². The summed E-state index contributed by atoms with van der Waals surface area (Å²) in [6.07, 6.45) is 1.72. The molecule has 0 saturated heterocycles. The molecule has 0 aliphatic rings. The van der Waals surface area contributed by atoms with Crippen molar-refractivity contribution >= 4 is 22.5 Å². The molecular weight excluding hydrogens is 210 g/mol. The van der Waals surface area contributed by atoms with Crippen molar-refractivity contribution in [2.45, 2.75) is 0 Å². The Morgan fingerprint density at radius 1 is 0.765 bits per heavy atom. The van der Waals surface area contributed by atoms with Crippen molar-refractivity contribution in [1.82, 2.24) is 15.3 Å². The number of hydrogen-bond donors (Lipinski definition) is 0. The number of aromatic nitrogens is 2. The fourth-order valence-corrected chi connectivity index (χ4v) is 1.65. The molecule has 3 nitrogen and oxygen atoms in total. The molecule has 0 atom stereocenters. The Labute approximate surface area is 99.2 Å². The van der Waals surface area contributed by atoms with Gasteiger partial charge in [-0.1, -0.05) is 24.3 Å². The van der Waals surface area contributed by atoms with Gasteiger partial charge in [0.25, 0.3) is 0 Å². The molecule has 0 aliphatic heterocycles. The molecule has 0 unspecified atom stereocenters. The van der Waals surface area contributed by atoms with Crippen molar-refractivity contribution < 1.29 is 0 Å². The molecule has 17 heavy (non-hydrogen) atoms. The van der Waals surface area contributed by atoms with E-state index in [0.29, 0.717) is 11.6 Å². The second-order valence-electron chi connectivity index (χ2n) is 3.66. The van der Waals surface area contributed by atoms with Crippen LogP contribution in [-0.2, 0) is 0 Å². The molecule has 0 amide bonds. The van der Waals surface area contributed by atoms with E-state index >= 15 is 0 Å². The van der Waals surface area contributed by atoms with E-state index in [4.69, 9.17) is 0 Å². The maximum absolute atomic E-state index is 4.46. The molecular formula is C14H10N3. The number of pyridine rings is 2. The summed E-state index contributed by atoms with van der Waals surface area (Å²) >= 11 is 0. The minimum atomic E-state index is 0.676. The summed E-state index contributed by atoms with van der Waals surface area (Å²) in [5.41, 5.74) is 0.949. The van der Waals surface area contributed by atoms with Crippen LogP contribution in [0.1, 0.15) is 0 Å². The SMILES string of the molecule is c1ccc([N]c2ccc3ccccc3n2)nc1. The smallest absolute Gasteiger partial charge is 0.155 e. The third kappa shape index (κ3) is 2.08. The fourth-order valence-electron chi connectivity index (χ4n) is 1.65. The van der Waals surface area contributed by atoms with E-state index in [1.165, 1.54) is 0 Å². The number of rotatable bonds is 2. The van der Waals surface area contributed by atoms with Crippen molar-refractivity contribution in [3.63, 3.8) is 0 Å². The zero-order chi connectivity index (χ0) is 11.5. The number of benzene rings is 1. The first-order chi connectivity index (χ1) is 8.42. The zero-order valence-electron chi connectivity index (χ0n) is 9.12. The summed E-state index contributed by atoms with van der Waals surface area (Å²) < 4.78 is 0. The highest BCUT2D eigenvalue weighted by Crippen LogP contribution is 2.17. The lowest BCUT2D eigenvalue weighted by Crippen LogP contribution is -1.94. The molecule has 3 aromatic rings. The molecule has 81 valence electrons. The molecule has 0 fully saturated rings. The average Bonchev–Trinajstić information content (AvgIpc) is 2.40. The van der Waals surface area contributed by atoms with Gasteiger partial charge >= 0.3 is 0 Å². The molecule has 3 rings (SSSR count). The van der Waals surface area contributed by atoms with E-state index in [2.05, 4.69) is 15.3 Å². The summed E-state index contributed by atoms with van der Waals surface area (Å²) in [7, 11) is 0. The minimum absolute atomic E-state index is 0.676. The first-order valence-electron chi connectivity index (χ1n) is 5.40. The molecule has 0 spiro atoms. The van der Waals surface area contributed by atoms with Crippen LogP contribution in [0.2, 0.25) is 0 Å².